The molecule has 2 aromatic carbocycles. The third-order valence-corrected chi connectivity index (χ3v) is 2.78. The Bertz CT molecular complexity index is 630. The Hall–Kier alpha value is -2.30. The number of hydrogen-bond donors (Lipinski definition) is 2. The topological polar surface area (TPSA) is 47.3 Å². The molecule has 0 fully saturated rings. The van der Waals surface area contributed by atoms with Crippen LogP contribution in [0.15, 0.2) is 36.4 Å². The van der Waals surface area contributed by atoms with E-state index in [1.54, 1.807) is 12.1 Å². The summed E-state index contributed by atoms with van der Waals surface area (Å²) in [5.74, 6) is -1.04. The van der Waals surface area contributed by atoms with Crippen molar-refractivity contribution in [2.75, 3.05) is 11.1 Å². The van der Waals surface area contributed by atoms with E-state index in [0.717, 1.165) is 11.8 Å². The van der Waals surface area contributed by atoms with Gasteiger partial charge >= 0.3 is 0 Å². The van der Waals surface area contributed by atoms with Crippen LogP contribution in [0.3, 0.4) is 0 Å². The van der Waals surface area contributed by atoms with E-state index in [1.165, 1.54) is 12.1 Å². The molecule has 0 radical (unpaired) electrons. The molecule has 0 unspecified atom stereocenters. The number of hydrogen-bond acceptors (Lipinski definition) is 3. The van der Waals surface area contributed by atoms with E-state index in [4.69, 9.17) is 10.5 Å². The van der Waals surface area contributed by atoms with Crippen molar-refractivity contribution in [3.05, 3.63) is 53.6 Å². The third kappa shape index (κ3) is 4.34. The molecule has 0 atom stereocenters. The first-order valence-electron chi connectivity index (χ1n) is 6.69. The Kier molecular flexibility index (Phi) is 4.62. The van der Waals surface area contributed by atoms with Gasteiger partial charge in [-0.1, -0.05) is 6.07 Å². The Balaban J connectivity index is 2.08. The number of nitrogen functional groups attached to an aromatic ring is 1. The maximum absolute atomic E-state index is 13.1. The summed E-state index contributed by atoms with van der Waals surface area (Å²) in [4.78, 5) is 0. The first kappa shape index (κ1) is 15.1. The van der Waals surface area contributed by atoms with Crippen molar-refractivity contribution in [2.24, 2.45) is 0 Å². The highest BCUT2D eigenvalue weighted by Crippen LogP contribution is 2.24. The van der Waals surface area contributed by atoms with Gasteiger partial charge in [-0.05, 0) is 37.6 Å². The summed E-state index contributed by atoms with van der Waals surface area (Å²) in [6, 6.07) is 9.12. The van der Waals surface area contributed by atoms with Crippen LogP contribution in [-0.2, 0) is 6.54 Å². The third-order valence-electron chi connectivity index (χ3n) is 2.78. The van der Waals surface area contributed by atoms with Crippen LogP contribution in [0.4, 0.5) is 20.2 Å². The second-order valence-corrected chi connectivity index (χ2v) is 5.06. The second-order valence-electron chi connectivity index (χ2n) is 5.06. The SMILES string of the molecule is CC(C)Oc1cc(N)cc(NCc2ccc(F)c(F)c2)c1. The first-order chi connectivity index (χ1) is 9.94. The zero-order valence-electron chi connectivity index (χ0n) is 12.0. The molecule has 3 nitrogen and oxygen atoms in total. The van der Waals surface area contributed by atoms with Crippen molar-refractivity contribution in [1.29, 1.82) is 0 Å². The molecule has 5 heteroatoms. The number of halogens is 2. The van der Waals surface area contributed by atoms with Crippen molar-refractivity contribution in [2.45, 2.75) is 26.5 Å². The van der Waals surface area contributed by atoms with Gasteiger partial charge in [-0.25, -0.2) is 8.78 Å². The van der Waals surface area contributed by atoms with Crippen LogP contribution in [-0.4, -0.2) is 6.10 Å². The molecule has 0 amide bonds. The summed E-state index contributed by atoms with van der Waals surface area (Å²) in [5, 5.41) is 3.11. The number of benzene rings is 2. The number of nitrogens with two attached hydrogens (primary N) is 1. The van der Waals surface area contributed by atoms with Gasteiger partial charge in [-0.15, -0.1) is 0 Å². The fraction of sp³-hybridized carbons (Fsp3) is 0.250. The summed E-state index contributed by atoms with van der Waals surface area (Å²) < 4.78 is 31.6. The van der Waals surface area contributed by atoms with Crippen molar-refractivity contribution < 1.29 is 13.5 Å². The van der Waals surface area contributed by atoms with E-state index >= 15 is 0 Å². The van der Waals surface area contributed by atoms with Crippen molar-refractivity contribution in [3.63, 3.8) is 0 Å². The molecule has 0 heterocycles. The lowest BCUT2D eigenvalue weighted by molar-refractivity contribution is 0.242. The first-order valence-corrected chi connectivity index (χ1v) is 6.69. The lowest BCUT2D eigenvalue weighted by Gasteiger charge is -2.13. The van der Waals surface area contributed by atoms with Gasteiger partial charge in [-0.3, -0.25) is 0 Å². The molecule has 3 N–H and O–H groups in total. The molecule has 0 aliphatic carbocycles. The lowest BCUT2D eigenvalue weighted by atomic mass is 10.2. The largest absolute Gasteiger partial charge is 0.491 e. The fourth-order valence-corrected chi connectivity index (χ4v) is 1.92. The molecule has 21 heavy (non-hydrogen) atoms. The van der Waals surface area contributed by atoms with Crippen LogP contribution in [0.5, 0.6) is 5.75 Å². The Morgan fingerprint density at radius 3 is 2.52 bits per heavy atom. The Morgan fingerprint density at radius 2 is 1.86 bits per heavy atom. The molecule has 0 aromatic heterocycles. The number of rotatable bonds is 5. The van der Waals surface area contributed by atoms with Crippen LogP contribution in [0, 0.1) is 11.6 Å². The monoisotopic (exact) mass is 292 g/mol. The highest BCUT2D eigenvalue weighted by Gasteiger charge is 2.05. The minimum atomic E-state index is -0.856. The van der Waals surface area contributed by atoms with Gasteiger partial charge in [0, 0.05) is 30.1 Å². The van der Waals surface area contributed by atoms with Crippen LogP contribution in [0.1, 0.15) is 19.4 Å². The van der Waals surface area contributed by atoms with E-state index in [0.29, 0.717) is 23.5 Å². The summed E-state index contributed by atoms with van der Waals surface area (Å²) in [7, 11) is 0. The van der Waals surface area contributed by atoms with E-state index in [1.807, 2.05) is 19.9 Å². The Labute approximate surface area is 122 Å². The zero-order valence-corrected chi connectivity index (χ0v) is 12.0. The minimum absolute atomic E-state index is 0.0471. The van der Waals surface area contributed by atoms with Gasteiger partial charge in [-0.2, -0.15) is 0 Å². The quantitative estimate of drug-likeness (QED) is 0.820. The molecular weight excluding hydrogens is 274 g/mol. The van der Waals surface area contributed by atoms with Crippen molar-refractivity contribution in [3.8, 4) is 5.75 Å². The van der Waals surface area contributed by atoms with Crippen LogP contribution >= 0.6 is 0 Å². The molecule has 0 aliphatic rings. The predicted molar refractivity (Wildman–Crippen MR) is 80.3 cm³/mol. The summed E-state index contributed by atoms with van der Waals surface area (Å²) in [6.07, 6.45) is 0.0471. The Morgan fingerprint density at radius 1 is 1.10 bits per heavy atom. The highest BCUT2D eigenvalue weighted by atomic mass is 19.2. The molecular formula is C16H18F2N2O. The average molecular weight is 292 g/mol. The minimum Gasteiger partial charge on any atom is -0.491 e. The lowest BCUT2D eigenvalue weighted by Crippen LogP contribution is -2.07. The van der Waals surface area contributed by atoms with E-state index in [-0.39, 0.29) is 6.10 Å². The van der Waals surface area contributed by atoms with E-state index in [2.05, 4.69) is 5.32 Å². The van der Waals surface area contributed by atoms with Crippen LogP contribution in [0.2, 0.25) is 0 Å². The maximum Gasteiger partial charge on any atom is 0.159 e. The van der Waals surface area contributed by atoms with Gasteiger partial charge < -0.3 is 15.8 Å². The van der Waals surface area contributed by atoms with Gasteiger partial charge in [0.1, 0.15) is 5.75 Å². The standard InChI is InChI=1S/C16H18F2N2O/c1-10(2)21-14-7-12(19)6-13(8-14)20-9-11-3-4-15(17)16(18)5-11/h3-8,10,20H,9,19H2,1-2H3. The predicted octanol–water partition coefficient (Wildman–Crippen LogP) is 3.95. The molecule has 0 saturated heterocycles. The van der Waals surface area contributed by atoms with E-state index < -0.39 is 11.6 Å². The summed E-state index contributed by atoms with van der Waals surface area (Å²) in [6.45, 7) is 4.22. The molecule has 2 rings (SSSR count). The van der Waals surface area contributed by atoms with Gasteiger partial charge in [0.05, 0.1) is 6.10 Å². The number of ether oxygens (including phenoxy) is 1. The maximum atomic E-state index is 13.1. The van der Waals surface area contributed by atoms with Crippen LogP contribution in [0.25, 0.3) is 0 Å². The molecule has 112 valence electrons. The summed E-state index contributed by atoms with van der Waals surface area (Å²) in [5.41, 5.74) is 7.79. The molecule has 2 aromatic rings. The fourth-order valence-electron chi connectivity index (χ4n) is 1.92. The van der Waals surface area contributed by atoms with Crippen molar-refractivity contribution >= 4 is 11.4 Å². The normalized spacial score (nSPS) is 10.7. The van der Waals surface area contributed by atoms with Gasteiger partial charge in [0.25, 0.3) is 0 Å². The number of anilines is 2. The van der Waals surface area contributed by atoms with Crippen LogP contribution < -0.4 is 15.8 Å². The number of nitrogens with one attached hydrogen (secondary N) is 1. The smallest absolute Gasteiger partial charge is 0.159 e. The summed E-state index contributed by atoms with van der Waals surface area (Å²) >= 11 is 0. The van der Waals surface area contributed by atoms with Gasteiger partial charge in [0.15, 0.2) is 11.6 Å². The molecule has 0 spiro atoms. The average Bonchev–Trinajstić information content (AvgIpc) is 2.39. The highest BCUT2D eigenvalue weighted by molar-refractivity contribution is 5.59. The molecule has 0 aliphatic heterocycles. The zero-order chi connectivity index (χ0) is 15.4. The second kappa shape index (κ2) is 6.43. The van der Waals surface area contributed by atoms with E-state index in [9.17, 15) is 8.78 Å². The van der Waals surface area contributed by atoms with Gasteiger partial charge in [0.2, 0.25) is 0 Å². The van der Waals surface area contributed by atoms with Crippen molar-refractivity contribution in [1.82, 2.24) is 0 Å². The molecule has 0 saturated carbocycles. The molecule has 0 bridgehead atoms.